The van der Waals surface area contributed by atoms with Gasteiger partial charge in [0.15, 0.2) is 0 Å². The SMILES string of the molecule is CCOC(=O)[C@H]1CN(S(=O)(=O)c2ccc(OC)cc2)CC(=O)N1CC1CCN(c2ccncc2)CC1. The molecule has 2 fully saturated rings. The molecule has 3 heterocycles. The van der Waals surface area contributed by atoms with Gasteiger partial charge in [-0.15, -0.1) is 0 Å². The van der Waals surface area contributed by atoms with E-state index in [4.69, 9.17) is 9.47 Å². The molecule has 0 radical (unpaired) electrons. The third kappa shape index (κ3) is 5.62. The quantitative estimate of drug-likeness (QED) is 0.489. The van der Waals surface area contributed by atoms with Crippen LogP contribution < -0.4 is 9.64 Å². The van der Waals surface area contributed by atoms with Gasteiger partial charge in [-0.05, 0) is 62.1 Å². The number of methoxy groups -OCH3 is 1. The summed E-state index contributed by atoms with van der Waals surface area (Å²) >= 11 is 0. The summed E-state index contributed by atoms with van der Waals surface area (Å²) in [6.45, 7) is 3.43. The Morgan fingerprint density at radius 1 is 1.08 bits per heavy atom. The molecule has 1 amide bonds. The number of aromatic nitrogens is 1. The lowest BCUT2D eigenvalue weighted by Gasteiger charge is -2.42. The van der Waals surface area contributed by atoms with Crippen LogP contribution in [0.2, 0.25) is 0 Å². The van der Waals surface area contributed by atoms with Gasteiger partial charge < -0.3 is 19.3 Å². The minimum absolute atomic E-state index is 0.0376. The molecule has 0 spiro atoms. The van der Waals surface area contributed by atoms with Crippen LogP contribution in [0.25, 0.3) is 0 Å². The molecule has 1 aromatic carbocycles. The van der Waals surface area contributed by atoms with E-state index in [1.54, 1.807) is 31.5 Å². The summed E-state index contributed by atoms with van der Waals surface area (Å²) in [6.07, 6.45) is 5.25. The first-order valence-electron chi connectivity index (χ1n) is 12.1. The van der Waals surface area contributed by atoms with Crippen molar-refractivity contribution in [3.05, 3.63) is 48.8 Å². The fourth-order valence-electron chi connectivity index (χ4n) is 4.73. The monoisotopic (exact) mass is 516 g/mol. The summed E-state index contributed by atoms with van der Waals surface area (Å²) in [5, 5.41) is 0. The van der Waals surface area contributed by atoms with E-state index >= 15 is 0 Å². The first-order valence-corrected chi connectivity index (χ1v) is 13.5. The number of sulfonamides is 1. The van der Waals surface area contributed by atoms with Crippen LogP contribution in [0.15, 0.2) is 53.7 Å². The molecule has 11 heteroatoms. The molecule has 36 heavy (non-hydrogen) atoms. The number of hydrogen-bond acceptors (Lipinski definition) is 8. The van der Waals surface area contributed by atoms with Crippen molar-refractivity contribution in [3.8, 4) is 5.75 Å². The molecule has 0 saturated carbocycles. The van der Waals surface area contributed by atoms with Gasteiger partial charge in [0.25, 0.3) is 0 Å². The Balaban J connectivity index is 1.47. The first-order chi connectivity index (χ1) is 17.3. The molecule has 10 nitrogen and oxygen atoms in total. The molecular formula is C25H32N4O6S. The average Bonchev–Trinajstić information content (AvgIpc) is 2.90. The number of amides is 1. The fourth-order valence-corrected chi connectivity index (χ4v) is 6.12. The maximum absolute atomic E-state index is 13.3. The zero-order valence-corrected chi connectivity index (χ0v) is 21.4. The molecule has 2 saturated heterocycles. The number of rotatable bonds is 8. The topological polar surface area (TPSA) is 109 Å². The normalized spacial score (nSPS) is 19.8. The molecular weight excluding hydrogens is 484 g/mol. The van der Waals surface area contributed by atoms with Crippen LogP contribution in [-0.4, -0.2) is 87.0 Å². The highest BCUT2D eigenvalue weighted by Crippen LogP contribution is 2.27. The van der Waals surface area contributed by atoms with E-state index in [1.165, 1.54) is 24.1 Å². The number of piperazine rings is 1. The third-order valence-electron chi connectivity index (χ3n) is 6.74. The number of carbonyl (C=O) groups is 2. The Labute approximate surface area is 211 Å². The molecule has 0 N–H and O–H groups in total. The van der Waals surface area contributed by atoms with Gasteiger partial charge in [-0.1, -0.05) is 0 Å². The van der Waals surface area contributed by atoms with Crippen molar-refractivity contribution in [1.29, 1.82) is 0 Å². The van der Waals surface area contributed by atoms with E-state index in [0.29, 0.717) is 12.3 Å². The van der Waals surface area contributed by atoms with Gasteiger partial charge >= 0.3 is 5.97 Å². The van der Waals surface area contributed by atoms with Gasteiger partial charge in [-0.2, -0.15) is 4.31 Å². The van der Waals surface area contributed by atoms with Crippen molar-refractivity contribution in [2.45, 2.75) is 30.7 Å². The minimum Gasteiger partial charge on any atom is -0.497 e. The van der Waals surface area contributed by atoms with E-state index in [1.807, 2.05) is 12.1 Å². The highest BCUT2D eigenvalue weighted by atomic mass is 32.2. The molecule has 4 rings (SSSR count). The van der Waals surface area contributed by atoms with E-state index in [9.17, 15) is 18.0 Å². The fraction of sp³-hybridized carbons (Fsp3) is 0.480. The largest absolute Gasteiger partial charge is 0.497 e. The predicted octanol–water partition coefficient (Wildman–Crippen LogP) is 1.77. The van der Waals surface area contributed by atoms with E-state index < -0.39 is 27.9 Å². The lowest BCUT2D eigenvalue weighted by atomic mass is 9.94. The maximum Gasteiger partial charge on any atom is 0.330 e. The zero-order chi connectivity index (χ0) is 25.7. The second-order valence-electron chi connectivity index (χ2n) is 8.92. The first kappa shape index (κ1) is 25.9. The van der Waals surface area contributed by atoms with E-state index in [2.05, 4.69) is 9.88 Å². The smallest absolute Gasteiger partial charge is 0.330 e. The van der Waals surface area contributed by atoms with E-state index in [0.717, 1.165) is 35.9 Å². The number of pyridine rings is 1. The molecule has 1 atom stereocenters. The van der Waals surface area contributed by atoms with Crippen molar-refractivity contribution in [1.82, 2.24) is 14.2 Å². The molecule has 194 valence electrons. The van der Waals surface area contributed by atoms with E-state index in [-0.39, 0.29) is 30.5 Å². The van der Waals surface area contributed by atoms with Crippen molar-refractivity contribution >= 4 is 27.6 Å². The molecule has 0 bridgehead atoms. The second kappa shape index (κ2) is 11.3. The number of anilines is 1. The van der Waals surface area contributed by atoms with Crippen molar-refractivity contribution in [2.24, 2.45) is 5.92 Å². The summed E-state index contributed by atoms with van der Waals surface area (Å²) < 4.78 is 38.0. The summed E-state index contributed by atoms with van der Waals surface area (Å²) in [6, 6.07) is 8.92. The van der Waals surface area contributed by atoms with Gasteiger partial charge in [-0.25, -0.2) is 13.2 Å². The summed E-state index contributed by atoms with van der Waals surface area (Å²) in [5.41, 5.74) is 1.11. The Bertz CT molecular complexity index is 1150. The van der Waals surface area contributed by atoms with Crippen LogP contribution in [-0.2, 0) is 24.3 Å². The maximum atomic E-state index is 13.3. The molecule has 1 aromatic heterocycles. The van der Waals surface area contributed by atoms with Gasteiger partial charge in [0.1, 0.15) is 11.8 Å². The Morgan fingerprint density at radius 3 is 2.36 bits per heavy atom. The van der Waals surface area contributed by atoms with Crippen LogP contribution in [0.4, 0.5) is 5.69 Å². The lowest BCUT2D eigenvalue weighted by molar-refractivity contribution is -0.158. The molecule has 0 aliphatic carbocycles. The summed E-state index contributed by atoms with van der Waals surface area (Å²) in [7, 11) is -2.49. The van der Waals surface area contributed by atoms with Gasteiger partial charge in [-0.3, -0.25) is 9.78 Å². The van der Waals surface area contributed by atoms with Gasteiger partial charge in [0.05, 0.1) is 25.2 Å². The Hall–Kier alpha value is -3.18. The number of piperidine rings is 1. The number of benzene rings is 1. The lowest BCUT2D eigenvalue weighted by Crippen LogP contribution is -2.61. The Kier molecular flexibility index (Phi) is 8.10. The summed E-state index contributed by atoms with van der Waals surface area (Å²) in [4.78, 5) is 34.0. The van der Waals surface area contributed by atoms with Crippen molar-refractivity contribution < 1.29 is 27.5 Å². The van der Waals surface area contributed by atoms with Crippen LogP contribution in [0, 0.1) is 5.92 Å². The second-order valence-corrected chi connectivity index (χ2v) is 10.9. The number of carbonyl (C=O) groups excluding carboxylic acids is 2. The van der Waals surface area contributed by atoms with Crippen LogP contribution in [0.3, 0.4) is 0 Å². The van der Waals surface area contributed by atoms with Crippen molar-refractivity contribution in [3.63, 3.8) is 0 Å². The molecule has 2 aromatic rings. The van der Waals surface area contributed by atoms with Crippen LogP contribution in [0.5, 0.6) is 5.75 Å². The Morgan fingerprint density at radius 2 is 1.75 bits per heavy atom. The van der Waals surface area contributed by atoms with Gasteiger partial charge in [0.2, 0.25) is 15.9 Å². The minimum atomic E-state index is -3.99. The number of hydrogen-bond donors (Lipinski definition) is 0. The third-order valence-corrected chi connectivity index (χ3v) is 8.56. The zero-order valence-electron chi connectivity index (χ0n) is 20.6. The highest BCUT2D eigenvalue weighted by molar-refractivity contribution is 7.89. The summed E-state index contributed by atoms with van der Waals surface area (Å²) in [5.74, 6) is -0.259. The molecule has 2 aliphatic rings. The van der Waals surface area contributed by atoms with Crippen LogP contribution in [0.1, 0.15) is 19.8 Å². The number of esters is 1. The molecule has 2 aliphatic heterocycles. The van der Waals surface area contributed by atoms with Crippen molar-refractivity contribution in [2.75, 3.05) is 51.3 Å². The van der Waals surface area contributed by atoms with Gasteiger partial charge in [0, 0.05) is 44.3 Å². The molecule has 0 unspecified atom stereocenters. The average molecular weight is 517 g/mol. The van der Waals surface area contributed by atoms with Crippen LogP contribution >= 0.6 is 0 Å². The standard InChI is InChI=1S/C25H32N4O6S/c1-3-35-25(31)23-17-28(36(32,33)22-6-4-21(34-2)5-7-22)18-24(30)29(23)16-19-10-14-27(15-11-19)20-8-12-26-13-9-20/h4-9,12-13,19,23H,3,10-11,14-18H2,1-2H3/t23-/m1/s1. The predicted molar refractivity (Wildman–Crippen MR) is 133 cm³/mol. The highest BCUT2D eigenvalue weighted by Gasteiger charge is 2.43. The number of ether oxygens (including phenoxy) is 2. The number of nitrogens with zero attached hydrogens (tertiary/aromatic N) is 4.